The molecule has 1 N–H and O–H groups in total. The number of ether oxygens (including phenoxy) is 1. The summed E-state index contributed by atoms with van der Waals surface area (Å²) in [6.45, 7) is 5.67. The summed E-state index contributed by atoms with van der Waals surface area (Å²) in [4.78, 5) is 0. The van der Waals surface area contributed by atoms with Crippen LogP contribution < -0.4 is 0 Å². The average molecular weight is 224 g/mol. The van der Waals surface area contributed by atoms with Gasteiger partial charge in [0.1, 0.15) is 0 Å². The monoisotopic (exact) mass is 224 g/mol. The Balaban J connectivity index is 1.89. The molecule has 3 atom stereocenters. The molecule has 1 fully saturated rings. The second-order valence-electron chi connectivity index (χ2n) is 4.62. The van der Waals surface area contributed by atoms with Crippen LogP contribution in [-0.4, -0.2) is 33.7 Å². The van der Waals surface area contributed by atoms with Crippen molar-refractivity contribution in [2.45, 2.75) is 45.4 Å². The van der Waals surface area contributed by atoms with Crippen LogP contribution in [0.3, 0.4) is 0 Å². The molecular formula is C12H20N2O2. The molecule has 1 saturated heterocycles. The zero-order chi connectivity index (χ0) is 11.5. The van der Waals surface area contributed by atoms with Gasteiger partial charge >= 0.3 is 0 Å². The lowest BCUT2D eigenvalue weighted by Gasteiger charge is -2.15. The highest BCUT2D eigenvalue weighted by Gasteiger charge is 2.28. The first-order valence-corrected chi connectivity index (χ1v) is 6.00. The summed E-state index contributed by atoms with van der Waals surface area (Å²) in [5.41, 5.74) is 1.11. The summed E-state index contributed by atoms with van der Waals surface area (Å²) < 4.78 is 7.35. The van der Waals surface area contributed by atoms with Crippen molar-refractivity contribution in [3.05, 3.63) is 18.0 Å². The fourth-order valence-corrected chi connectivity index (χ4v) is 2.21. The molecule has 1 aromatic heterocycles. The maximum absolute atomic E-state index is 10.1. The zero-order valence-electron chi connectivity index (χ0n) is 9.97. The second-order valence-corrected chi connectivity index (χ2v) is 4.62. The quantitative estimate of drug-likeness (QED) is 0.836. The molecule has 0 bridgehead atoms. The molecule has 0 spiro atoms. The van der Waals surface area contributed by atoms with Gasteiger partial charge in [0.05, 0.1) is 25.0 Å². The lowest BCUT2D eigenvalue weighted by molar-refractivity contribution is 0.0807. The Morgan fingerprint density at radius 3 is 3.06 bits per heavy atom. The largest absolute Gasteiger partial charge is 0.392 e. The molecular weight excluding hydrogens is 204 g/mol. The van der Waals surface area contributed by atoms with Gasteiger partial charge in [-0.15, -0.1) is 0 Å². The van der Waals surface area contributed by atoms with E-state index in [0.29, 0.717) is 13.0 Å². The number of aliphatic hydroxyl groups is 1. The number of hydrogen-bond donors (Lipinski definition) is 1. The van der Waals surface area contributed by atoms with E-state index in [4.69, 9.17) is 4.74 Å². The van der Waals surface area contributed by atoms with Crippen LogP contribution in [0.5, 0.6) is 0 Å². The lowest BCUT2D eigenvalue weighted by atomic mass is 9.95. The first-order chi connectivity index (χ1) is 7.69. The third-order valence-corrected chi connectivity index (χ3v) is 3.23. The fraction of sp³-hybridized carbons (Fsp3) is 0.750. The van der Waals surface area contributed by atoms with Gasteiger partial charge in [0.15, 0.2) is 0 Å². The fourth-order valence-electron chi connectivity index (χ4n) is 2.21. The smallest absolute Gasteiger partial charge is 0.0632 e. The van der Waals surface area contributed by atoms with Gasteiger partial charge in [-0.05, 0) is 25.8 Å². The molecule has 1 aliphatic heterocycles. The van der Waals surface area contributed by atoms with Gasteiger partial charge in [0.25, 0.3) is 0 Å². The van der Waals surface area contributed by atoms with Gasteiger partial charge in [-0.2, -0.15) is 5.10 Å². The number of rotatable bonds is 4. The van der Waals surface area contributed by atoms with Crippen LogP contribution in [0.15, 0.2) is 12.4 Å². The van der Waals surface area contributed by atoms with E-state index in [1.54, 1.807) is 0 Å². The molecule has 3 unspecified atom stereocenters. The zero-order valence-corrected chi connectivity index (χ0v) is 9.97. The predicted molar refractivity (Wildman–Crippen MR) is 61.1 cm³/mol. The highest BCUT2D eigenvalue weighted by Crippen LogP contribution is 2.24. The van der Waals surface area contributed by atoms with Crippen LogP contribution in [0.4, 0.5) is 0 Å². The minimum Gasteiger partial charge on any atom is -0.392 e. The third-order valence-electron chi connectivity index (χ3n) is 3.23. The van der Waals surface area contributed by atoms with Crippen LogP contribution in [0.2, 0.25) is 0 Å². The Labute approximate surface area is 96.2 Å². The van der Waals surface area contributed by atoms with Gasteiger partial charge < -0.3 is 9.84 Å². The van der Waals surface area contributed by atoms with Crippen LogP contribution in [0.25, 0.3) is 0 Å². The highest BCUT2D eigenvalue weighted by molar-refractivity contribution is 5.06. The second kappa shape index (κ2) is 4.97. The van der Waals surface area contributed by atoms with E-state index in [1.165, 1.54) is 0 Å². The SMILES string of the molecule is CCn1cc(CC(O)C2COC(C)C2)cn1. The molecule has 0 amide bonds. The van der Waals surface area contributed by atoms with Crippen molar-refractivity contribution >= 4 is 0 Å². The summed E-state index contributed by atoms with van der Waals surface area (Å²) in [6.07, 6.45) is 5.47. The Morgan fingerprint density at radius 1 is 1.69 bits per heavy atom. The normalized spacial score (nSPS) is 27.2. The molecule has 4 nitrogen and oxygen atoms in total. The third kappa shape index (κ3) is 2.62. The van der Waals surface area contributed by atoms with E-state index >= 15 is 0 Å². The topological polar surface area (TPSA) is 47.3 Å². The minimum atomic E-state index is -0.306. The molecule has 4 heteroatoms. The number of aliphatic hydroxyl groups excluding tert-OH is 1. The van der Waals surface area contributed by atoms with Crippen molar-refractivity contribution in [1.29, 1.82) is 0 Å². The molecule has 0 radical (unpaired) electrons. The molecule has 1 aromatic rings. The van der Waals surface area contributed by atoms with E-state index in [0.717, 1.165) is 18.5 Å². The van der Waals surface area contributed by atoms with Crippen molar-refractivity contribution in [2.75, 3.05) is 6.61 Å². The van der Waals surface area contributed by atoms with Gasteiger partial charge in [-0.25, -0.2) is 0 Å². The number of hydrogen-bond acceptors (Lipinski definition) is 3. The summed E-state index contributed by atoms with van der Waals surface area (Å²) in [5.74, 6) is 0.278. The molecule has 90 valence electrons. The summed E-state index contributed by atoms with van der Waals surface area (Å²) >= 11 is 0. The Kier molecular flexibility index (Phi) is 3.61. The van der Waals surface area contributed by atoms with E-state index in [-0.39, 0.29) is 18.1 Å². The molecule has 16 heavy (non-hydrogen) atoms. The van der Waals surface area contributed by atoms with Crippen molar-refractivity contribution in [3.8, 4) is 0 Å². The maximum atomic E-state index is 10.1. The van der Waals surface area contributed by atoms with E-state index < -0.39 is 0 Å². The van der Waals surface area contributed by atoms with Crippen LogP contribution >= 0.6 is 0 Å². The molecule has 1 aliphatic rings. The molecule has 0 aliphatic carbocycles. The van der Waals surface area contributed by atoms with Crippen molar-refractivity contribution in [2.24, 2.45) is 5.92 Å². The summed E-state index contributed by atoms with van der Waals surface area (Å²) in [7, 11) is 0. The first-order valence-electron chi connectivity index (χ1n) is 6.00. The summed E-state index contributed by atoms with van der Waals surface area (Å²) in [6, 6.07) is 0. The number of nitrogens with zero attached hydrogens (tertiary/aromatic N) is 2. The highest BCUT2D eigenvalue weighted by atomic mass is 16.5. The minimum absolute atomic E-state index is 0.278. The van der Waals surface area contributed by atoms with E-state index in [9.17, 15) is 5.11 Å². The van der Waals surface area contributed by atoms with Crippen LogP contribution in [0.1, 0.15) is 25.8 Å². The standard InChI is InChI=1S/C12H20N2O2/c1-3-14-7-10(6-13-14)5-12(15)11-4-9(2)16-8-11/h6-7,9,11-12,15H,3-5,8H2,1-2H3. The molecule has 0 saturated carbocycles. The van der Waals surface area contributed by atoms with Crippen molar-refractivity contribution in [3.63, 3.8) is 0 Å². The van der Waals surface area contributed by atoms with Crippen molar-refractivity contribution < 1.29 is 9.84 Å². The average Bonchev–Trinajstić information content (AvgIpc) is 2.87. The van der Waals surface area contributed by atoms with Crippen molar-refractivity contribution in [1.82, 2.24) is 9.78 Å². The Hall–Kier alpha value is -0.870. The van der Waals surface area contributed by atoms with E-state index in [2.05, 4.69) is 18.9 Å². The van der Waals surface area contributed by atoms with E-state index in [1.807, 2.05) is 17.1 Å². The molecule has 2 rings (SSSR count). The van der Waals surface area contributed by atoms with Gasteiger partial charge in [-0.1, -0.05) is 0 Å². The lowest BCUT2D eigenvalue weighted by Crippen LogP contribution is -2.23. The number of aryl methyl sites for hydroxylation is 1. The molecule has 2 heterocycles. The Morgan fingerprint density at radius 2 is 2.50 bits per heavy atom. The van der Waals surface area contributed by atoms with Crippen LogP contribution in [-0.2, 0) is 17.7 Å². The molecule has 0 aromatic carbocycles. The predicted octanol–water partition coefficient (Wildman–Crippen LogP) is 1.23. The Bertz CT molecular complexity index is 338. The van der Waals surface area contributed by atoms with Gasteiger partial charge in [0, 0.05) is 25.1 Å². The summed E-state index contributed by atoms with van der Waals surface area (Å²) in [5, 5.41) is 14.3. The van der Waals surface area contributed by atoms with Gasteiger partial charge in [-0.3, -0.25) is 4.68 Å². The maximum Gasteiger partial charge on any atom is 0.0632 e. The first kappa shape index (κ1) is 11.6. The number of aromatic nitrogens is 2. The van der Waals surface area contributed by atoms with Crippen LogP contribution in [0, 0.1) is 5.92 Å². The van der Waals surface area contributed by atoms with Gasteiger partial charge in [0.2, 0.25) is 0 Å².